The fraction of sp³-hybridized carbons (Fsp3) is 0.269. The van der Waals surface area contributed by atoms with Gasteiger partial charge in [-0.2, -0.15) is 0 Å². The van der Waals surface area contributed by atoms with Crippen LogP contribution in [-0.4, -0.2) is 47.4 Å². The minimum Gasteiger partial charge on any atom is -0.493 e. The van der Waals surface area contributed by atoms with E-state index in [2.05, 4.69) is 5.32 Å². The first-order valence-corrected chi connectivity index (χ1v) is 13.7. The molecule has 11 heteroatoms. The topological polar surface area (TPSA) is 103 Å². The second kappa shape index (κ2) is 11.6. The maximum atomic E-state index is 12.8. The zero-order valence-electron chi connectivity index (χ0n) is 20.4. The summed E-state index contributed by atoms with van der Waals surface area (Å²) in [5, 5.41) is 3.23. The maximum Gasteiger partial charge on any atom is 0.232 e. The Bertz CT molecular complexity index is 1380. The third-order valence-electron chi connectivity index (χ3n) is 5.48. The van der Waals surface area contributed by atoms with Gasteiger partial charge in [-0.15, -0.1) is 0 Å². The molecule has 37 heavy (non-hydrogen) atoms. The van der Waals surface area contributed by atoms with Gasteiger partial charge < -0.3 is 24.3 Å². The van der Waals surface area contributed by atoms with Crippen LogP contribution in [0.5, 0.6) is 28.7 Å². The predicted molar refractivity (Wildman–Crippen MR) is 142 cm³/mol. The quantitative estimate of drug-likeness (QED) is 0.377. The van der Waals surface area contributed by atoms with E-state index in [1.165, 1.54) is 11.4 Å². The number of nitrogens with zero attached hydrogens (tertiary/aromatic N) is 1. The van der Waals surface area contributed by atoms with Crippen molar-refractivity contribution in [2.24, 2.45) is 0 Å². The number of hydrogen-bond acceptors (Lipinski definition) is 7. The van der Waals surface area contributed by atoms with Crippen LogP contribution >= 0.6 is 11.6 Å². The summed E-state index contributed by atoms with van der Waals surface area (Å²) in [6.45, 7) is 0.934. The highest BCUT2D eigenvalue weighted by Crippen LogP contribution is 2.37. The number of amides is 1. The van der Waals surface area contributed by atoms with Gasteiger partial charge >= 0.3 is 0 Å². The number of sulfonamides is 1. The zero-order chi connectivity index (χ0) is 26.4. The number of rotatable bonds is 10. The molecule has 0 fully saturated rings. The first kappa shape index (κ1) is 26.4. The molecule has 1 amide bonds. The molecule has 0 saturated heterocycles. The van der Waals surface area contributed by atoms with Gasteiger partial charge in [-0.25, -0.2) is 8.42 Å². The molecule has 0 aliphatic carbocycles. The number of halogens is 1. The fourth-order valence-electron chi connectivity index (χ4n) is 3.78. The van der Waals surface area contributed by atoms with Crippen molar-refractivity contribution in [1.29, 1.82) is 0 Å². The van der Waals surface area contributed by atoms with Gasteiger partial charge in [0, 0.05) is 24.1 Å². The molecule has 0 aromatic heterocycles. The van der Waals surface area contributed by atoms with Gasteiger partial charge in [0.2, 0.25) is 15.9 Å². The number of fused-ring (bicyclic) bond motifs is 1. The van der Waals surface area contributed by atoms with E-state index < -0.39 is 10.0 Å². The molecule has 1 heterocycles. The Labute approximate surface area is 220 Å². The minimum atomic E-state index is -3.60. The van der Waals surface area contributed by atoms with Gasteiger partial charge in [-0.1, -0.05) is 23.7 Å². The molecule has 3 aromatic carbocycles. The minimum absolute atomic E-state index is 0.0667. The van der Waals surface area contributed by atoms with E-state index >= 15 is 0 Å². The molecule has 1 aliphatic heterocycles. The Kier molecular flexibility index (Phi) is 8.30. The molecular weight excluding hydrogens is 520 g/mol. The number of anilines is 2. The number of carbonyl (C=O) groups is 1. The number of hydrogen-bond donors (Lipinski definition) is 1. The summed E-state index contributed by atoms with van der Waals surface area (Å²) in [6, 6.07) is 17.0. The second-order valence-electron chi connectivity index (χ2n) is 8.21. The highest BCUT2D eigenvalue weighted by atomic mass is 35.5. The first-order chi connectivity index (χ1) is 17.7. The second-order valence-corrected chi connectivity index (χ2v) is 10.6. The number of para-hydroxylation sites is 2. The van der Waals surface area contributed by atoms with Gasteiger partial charge in [-0.05, 0) is 48.9 Å². The van der Waals surface area contributed by atoms with Crippen molar-refractivity contribution < 1.29 is 32.2 Å². The van der Waals surface area contributed by atoms with E-state index in [0.29, 0.717) is 58.4 Å². The van der Waals surface area contributed by atoms with Crippen LogP contribution in [0.25, 0.3) is 0 Å². The molecule has 0 atom stereocenters. The highest BCUT2D eigenvalue weighted by Gasteiger charge is 2.21. The van der Waals surface area contributed by atoms with Crippen LogP contribution in [0.3, 0.4) is 0 Å². The van der Waals surface area contributed by atoms with E-state index in [1.807, 2.05) is 6.07 Å². The lowest BCUT2D eigenvalue weighted by Gasteiger charge is -2.25. The molecule has 0 bridgehead atoms. The largest absolute Gasteiger partial charge is 0.493 e. The van der Waals surface area contributed by atoms with E-state index in [1.54, 1.807) is 54.6 Å². The Hall–Kier alpha value is -3.63. The van der Waals surface area contributed by atoms with Crippen LogP contribution in [0.15, 0.2) is 60.7 Å². The third kappa shape index (κ3) is 6.78. The number of benzene rings is 3. The summed E-state index contributed by atoms with van der Waals surface area (Å²) >= 11 is 6.15. The molecule has 4 rings (SSSR count). The standard InChI is InChI=1S/C26H27ClN2O7S/c1-33-22-6-3-4-7-24(22)36-21-11-9-18(27)16-20(21)28-26(30)8-5-13-29(37(2,31)32)19-10-12-23-25(17-19)35-15-14-34-23/h3-4,6-7,9-12,16-17H,5,8,13-15H2,1-2H3,(H,28,30). The van der Waals surface area contributed by atoms with Crippen molar-refractivity contribution in [2.75, 3.05) is 42.7 Å². The molecule has 0 spiro atoms. The summed E-state index contributed by atoms with van der Waals surface area (Å²) in [4.78, 5) is 12.8. The molecule has 1 N–H and O–H groups in total. The molecule has 1 aliphatic rings. The van der Waals surface area contributed by atoms with Crippen LogP contribution in [0.2, 0.25) is 5.02 Å². The summed E-state index contributed by atoms with van der Waals surface area (Å²) in [7, 11) is -2.06. The molecule has 9 nitrogen and oxygen atoms in total. The summed E-state index contributed by atoms with van der Waals surface area (Å²) in [5.41, 5.74) is 0.824. The van der Waals surface area contributed by atoms with E-state index in [4.69, 9.17) is 30.5 Å². The number of carbonyl (C=O) groups excluding carboxylic acids is 1. The van der Waals surface area contributed by atoms with Crippen LogP contribution in [0.4, 0.5) is 11.4 Å². The van der Waals surface area contributed by atoms with Crippen molar-refractivity contribution in [3.63, 3.8) is 0 Å². The van der Waals surface area contributed by atoms with Crippen molar-refractivity contribution in [3.05, 3.63) is 65.7 Å². The number of nitrogens with one attached hydrogen (secondary N) is 1. The average Bonchev–Trinajstić information content (AvgIpc) is 2.87. The Morgan fingerprint density at radius 2 is 1.73 bits per heavy atom. The van der Waals surface area contributed by atoms with Crippen molar-refractivity contribution in [3.8, 4) is 28.7 Å². The Morgan fingerprint density at radius 3 is 2.46 bits per heavy atom. The highest BCUT2D eigenvalue weighted by molar-refractivity contribution is 7.92. The smallest absolute Gasteiger partial charge is 0.232 e. The van der Waals surface area contributed by atoms with E-state index in [9.17, 15) is 13.2 Å². The van der Waals surface area contributed by atoms with Gasteiger partial charge in [0.25, 0.3) is 0 Å². The monoisotopic (exact) mass is 546 g/mol. The van der Waals surface area contributed by atoms with Crippen LogP contribution in [0.1, 0.15) is 12.8 Å². The lowest BCUT2D eigenvalue weighted by Crippen LogP contribution is -2.31. The van der Waals surface area contributed by atoms with Crippen molar-refractivity contribution in [2.45, 2.75) is 12.8 Å². The molecule has 0 radical (unpaired) electrons. The molecule has 3 aromatic rings. The van der Waals surface area contributed by atoms with Crippen molar-refractivity contribution in [1.82, 2.24) is 0 Å². The zero-order valence-corrected chi connectivity index (χ0v) is 22.0. The summed E-state index contributed by atoms with van der Waals surface area (Å²) in [6.07, 6.45) is 1.46. The van der Waals surface area contributed by atoms with Gasteiger partial charge in [0.15, 0.2) is 28.7 Å². The van der Waals surface area contributed by atoms with Crippen molar-refractivity contribution >= 4 is 38.9 Å². The van der Waals surface area contributed by atoms with E-state index in [0.717, 1.165) is 6.26 Å². The van der Waals surface area contributed by atoms with Gasteiger partial charge in [-0.3, -0.25) is 9.10 Å². The summed E-state index contributed by atoms with van der Waals surface area (Å²) in [5.74, 6) is 2.13. The van der Waals surface area contributed by atoms with Gasteiger partial charge in [0.1, 0.15) is 13.2 Å². The summed E-state index contributed by atoms with van der Waals surface area (Å²) < 4.78 is 48.6. The molecule has 0 unspecified atom stereocenters. The van der Waals surface area contributed by atoms with Crippen LogP contribution < -0.4 is 28.6 Å². The Balaban J connectivity index is 1.42. The van der Waals surface area contributed by atoms with Crippen LogP contribution in [0, 0.1) is 0 Å². The Morgan fingerprint density at radius 1 is 1.00 bits per heavy atom. The van der Waals surface area contributed by atoms with Gasteiger partial charge in [0.05, 0.1) is 24.7 Å². The number of methoxy groups -OCH3 is 1. The fourth-order valence-corrected chi connectivity index (χ4v) is 4.91. The maximum absolute atomic E-state index is 12.8. The molecular formula is C26H27ClN2O7S. The normalized spacial score (nSPS) is 12.5. The first-order valence-electron chi connectivity index (χ1n) is 11.5. The number of ether oxygens (including phenoxy) is 4. The SMILES string of the molecule is COc1ccccc1Oc1ccc(Cl)cc1NC(=O)CCCN(c1ccc2c(c1)OCCO2)S(C)(=O)=O. The lowest BCUT2D eigenvalue weighted by atomic mass is 10.2. The molecule has 0 saturated carbocycles. The molecule has 196 valence electrons. The average molecular weight is 547 g/mol. The third-order valence-corrected chi connectivity index (χ3v) is 6.91. The predicted octanol–water partition coefficient (Wildman–Crippen LogP) is 5.10. The van der Waals surface area contributed by atoms with E-state index in [-0.39, 0.29) is 25.3 Å². The lowest BCUT2D eigenvalue weighted by molar-refractivity contribution is -0.116. The van der Waals surface area contributed by atoms with Crippen LogP contribution in [-0.2, 0) is 14.8 Å².